The van der Waals surface area contributed by atoms with Gasteiger partial charge in [-0.2, -0.15) is 0 Å². The quantitative estimate of drug-likeness (QED) is 0.710. The van der Waals surface area contributed by atoms with Crippen molar-refractivity contribution in [3.63, 3.8) is 0 Å². The average molecular weight is 178 g/mol. The van der Waals surface area contributed by atoms with E-state index < -0.39 is 0 Å². The summed E-state index contributed by atoms with van der Waals surface area (Å²) in [6, 6.07) is 5.79. The SMILES string of the molecule is Nc1cccc(C2CCCOC2)n1. The number of anilines is 1. The number of hydrogen-bond acceptors (Lipinski definition) is 3. The Kier molecular flexibility index (Phi) is 2.45. The van der Waals surface area contributed by atoms with E-state index in [-0.39, 0.29) is 0 Å². The second-order valence-electron chi connectivity index (χ2n) is 3.40. The number of pyridine rings is 1. The van der Waals surface area contributed by atoms with Crippen molar-refractivity contribution >= 4 is 5.82 Å². The highest BCUT2D eigenvalue weighted by Crippen LogP contribution is 2.23. The Morgan fingerprint density at radius 2 is 2.38 bits per heavy atom. The summed E-state index contributed by atoms with van der Waals surface area (Å²) < 4.78 is 5.40. The van der Waals surface area contributed by atoms with Gasteiger partial charge in [0.2, 0.25) is 0 Å². The number of nitrogens with zero attached hydrogens (tertiary/aromatic N) is 1. The zero-order chi connectivity index (χ0) is 9.10. The van der Waals surface area contributed by atoms with E-state index in [1.807, 2.05) is 18.2 Å². The molecule has 3 heteroatoms. The Bertz CT molecular complexity index is 282. The molecule has 1 aliphatic heterocycles. The number of rotatable bonds is 1. The van der Waals surface area contributed by atoms with Crippen molar-refractivity contribution in [2.45, 2.75) is 18.8 Å². The van der Waals surface area contributed by atoms with Crippen LogP contribution in [0, 0.1) is 0 Å². The second kappa shape index (κ2) is 3.75. The smallest absolute Gasteiger partial charge is 0.123 e. The van der Waals surface area contributed by atoms with Crippen molar-refractivity contribution in [3.05, 3.63) is 23.9 Å². The third-order valence-corrected chi connectivity index (χ3v) is 2.37. The van der Waals surface area contributed by atoms with E-state index in [1.54, 1.807) is 0 Å². The van der Waals surface area contributed by atoms with E-state index in [0.29, 0.717) is 11.7 Å². The summed E-state index contributed by atoms with van der Waals surface area (Å²) >= 11 is 0. The van der Waals surface area contributed by atoms with Crippen LogP contribution >= 0.6 is 0 Å². The molecule has 1 saturated heterocycles. The van der Waals surface area contributed by atoms with Gasteiger partial charge in [0.25, 0.3) is 0 Å². The molecule has 0 radical (unpaired) electrons. The maximum Gasteiger partial charge on any atom is 0.123 e. The molecule has 1 fully saturated rings. The van der Waals surface area contributed by atoms with Crippen LogP contribution < -0.4 is 5.73 Å². The van der Waals surface area contributed by atoms with Crippen LogP contribution in [0.2, 0.25) is 0 Å². The third kappa shape index (κ3) is 1.98. The zero-order valence-electron chi connectivity index (χ0n) is 7.57. The lowest BCUT2D eigenvalue weighted by Crippen LogP contribution is -2.16. The molecule has 2 rings (SSSR count). The van der Waals surface area contributed by atoms with Crippen molar-refractivity contribution in [2.75, 3.05) is 18.9 Å². The molecule has 0 bridgehead atoms. The van der Waals surface area contributed by atoms with Gasteiger partial charge in [0.15, 0.2) is 0 Å². The van der Waals surface area contributed by atoms with E-state index in [9.17, 15) is 0 Å². The van der Waals surface area contributed by atoms with Gasteiger partial charge in [0.1, 0.15) is 5.82 Å². The molecule has 1 unspecified atom stereocenters. The van der Waals surface area contributed by atoms with Crippen LogP contribution in [0.4, 0.5) is 5.82 Å². The zero-order valence-corrected chi connectivity index (χ0v) is 7.57. The molecule has 0 amide bonds. The van der Waals surface area contributed by atoms with Crippen LogP contribution in [-0.2, 0) is 4.74 Å². The van der Waals surface area contributed by atoms with Gasteiger partial charge in [-0.25, -0.2) is 4.98 Å². The molecule has 1 atom stereocenters. The lowest BCUT2D eigenvalue weighted by molar-refractivity contribution is 0.0793. The van der Waals surface area contributed by atoms with E-state index in [1.165, 1.54) is 0 Å². The first-order valence-corrected chi connectivity index (χ1v) is 4.66. The van der Waals surface area contributed by atoms with Crippen LogP contribution in [0.25, 0.3) is 0 Å². The maximum absolute atomic E-state index is 5.61. The molecule has 0 aliphatic carbocycles. The van der Waals surface area contributed by atoms with Gasteiger partial charge >= 0.3 is 0 Å². The highest BCUT2D eigenvalue weighted by atomic mass is 16.5. The topological polar surface area (TPSA) is 48.1 Å². The highest BCUT2D eigenvalue weighted by molar-refractivity contribution is 5.30. The molecule has 0 aromatic carbocycles. The van der Waals surface area contributed by atoms with Crippen LogP contribution in [0.15, 0.2) is 18.2 Å². The standard InChI is InChI=1S/C10H14N2O/c11-10-5-1-4-9(12-10)8-3-2-6-13-7-8/h1,4-5,8H,2-3,6-7H2,(H2,11,12). The molecule has 1 aliphatic rings. The van der Waals surface area contributed by atoms with Gasteiger partial charge in [-0.3, -0.25) is 0 Å². The monoisotopic (exact) mass is 178 g/mol. The fourth-order valence-corrected chi connectivity index (χ4v) is 1.67. The van der Waals surface area contributed by atoms with Gasteiger partial charge in [-0.05, 0) is 25.0 Å². The molecular weight excluding hydrogens is 164 g/mol. The summed E-state index contributed by atoms with van der Waals surface area (Å²) in [5, 5.41) is 0. The minimum Gasteiger partial charge on any atom is -0.384 e. The molecular formula is C10H14N2O. The first kappa shape index (κ1) is 8.51. The first-order valence-electron chi connectivity index (χ1n) is 4.66. The van der Waals surface area contributed by atoms with E-state index in [4.69, 9.17) is 10.5 Å². The Balaban J connectivity index is 2.14. The van der Waals surface area contributed by atoms with E-state index in [2.05, 4.69) is 4.98 Å². The molecule has 3 nitrogen and oxygen atoms in total. The highest BCUT2D eigenvalue weighted by Gasteiger charge is 2.16. The van der Waals surface area contributed by atoms with Gasteiger partial charge in [-0.1, -0.05) is 6.07 Å². The summed E-state index contributed by atoms with van der Waals surface area (Å²) in [5.74, 6) is 1.04. The van der Waals surface area contributed by atoms with Crippen molar-refractivity contribution in [1.29, 1.82) is 0 Å². The predicted octanol–water partition coefficient (Wildman–Crippen LogP) is 1.56. The summed E-state index contributed by atoms with van der Waals surface area (Å²) in [6.45, 7) is 1.68. The largest absolute Gasteiger partial charge is 0.384 e. The number of hydrogen-bond donors (Lipinski definition) is 1. The fraction of sp³-hybridized carbons (Fsp3) is 0.500. The Labute approximate surface area is 77.9 Å². The van der Waals surface area contributed by atoms with E-state index in [0.717, 1.165) is 31.7 Å². The van der Waals surface area contributed by atoms with Crippen molar-refractivity contribution < 1.29 is 4.74 Å². The second-order valence-corrected chi connectivity index (χ2v) is 3.40. The normalized spacial score (nSPS) is 22.9. The number of aromatic nitrogens is 1. The fourth-order valence-electron chi connectivity index (χ4n) is 1.67. The number of nitrogen functional groups attached to an aromatic ring is 1. The molecule has 1 aromatic heterocycles. The summed E-state index contributed by atoms with van der Waals surface area (Å²) in [6.07, 6.45) is 2.29. The first-order chi connectivity index (χ1) is 6.36. The minimum absolute atomic E-state index is 0.442. The lowest BCUT2D eigenvalue weighted by atomic mass is 9.98. The summed E-state index contributed by atoms with van der Waals surface area (Å²) in [4.78, 5) is 4.29. The molecule has 1 aromatic rings. The van der Waals surface area contributed by atoms with Gasteiger partial charge in [-0.15, -0.1) is 0 Å². The molecule has 2 heterocycles. The Morgan fingerprint density at radius 3 is 3.08 bits per heavy atom. The van der Waals surface area contributed by atoms with E-state index >= 15 is 0 Å². The molecule has 0 saturated carbocycles. The Morgan fingerprint density at radius 1 is 1.46 bits per heavy atom. The van der Waals surface area contributed by atoms with Gasteiger partial charge in [0, 0.05) is 18.2 Å². The summed E-state index contributed by atoms with van der Waals surface area (Å²) in [5.41, 5.74) is 6.68. The average Bonchev–Trinajstić information content (AvgIpc) is 2.19. The molecule has 0 spiro atoms. The van der Waals surface area contributed by atoms with Crippen molar-refractivity contribution in [3.8, 4) is 0 Å². The van der Waals surface area contributed by atoms with Crippen molar-refractivity contribution in [2.24, 2.45) is 0 Å². The molecule has 2 N–H and O–H groups in total. The maximum atomic E-state index is 5.61. The number of ether oxygens (including phenoxy) is 1. The predicted molar refractivity (Wildman–Crippen MR) is 51.4 cm³/mol. The number of nitrogens with two attached hydrogens (primary N) is 1. The lowest BCUT2D eigenvalue weighted by Gasteiger charge is -2.21. The minimum atomic E-state index is 0.442. The summed E-state index contributed by atoms with van der Waals surface area (Å²) in [7, 11) is 0. The molecule has 13 heavy (non-hydrogen) atoms. The van der Waals surface area contributed by atoms with Gasteiger partial charge in [0.05, 0.1) is 6.61 Å². The Hall–Kier alpha value is -1.09. The third-order valence-electron chi connectivity index (χ3n) is 2.37. The van der Waals surface area contributed by atoms with Crippen molar-refractivity contribution in [1.82, 2.24) is 4.98 Å². The van der Waals surface area contributed by atoms with Crippen LogP contribution in [0.1, 0.15) is 24.5 Å². The van der Waals surface area contributed by atoms with Crippen LogP contribution in [-0.4, -0.2) is 18.2 Å². The molecule has 70 valence electrons. The van der Waals surface area contributed by atoms with Crippen LogP contribution in [0.3, 0.4) is 0 Å². The van der Waals surface area contributed by atoms with Crippen LogP contribution in [0.5, 0.6) is 0 Å². The van der Waals surface area contributed by atoms with Gasteiger partial charge < -0.3 is 10.5 Å².